The molecule has 1 aromatic heterocycles. The third kappa shape index (κ3) is 4.72. The molecule has 0 radical (unpaired) electrons. The van der Waals surface area contributed by atoms with Gasteiger partial charge < -0.3 is 15.0 Å². The molecule has 6 nitrogen and oxygen atoms in total. The number of hydrogen-bond acceptors (Lipinski definition) is 5. The summed E-state index contributed by atoms with van der Waals surface area (Å²) in [5.41, 5.74) is 2.27. The lowest BCUT2D eigenvalue weighted by Crippen LogP contribution is -2.35. The Morgan fingerprint density at radius 1 is 1.10 bits per heavy atom. The molecule has 2 amide bonds. The first-order valence-corrected chi connectivity index (χ1v) is 11.0. The monoisotopic (exact) mass is 433 g/mol. The van der Waals surface area contributed by atoms with E-state index in [0.717, 1.165) is 21.9 Å². The molecule has 7 heteroatoms. The fraction of sp³-hybridized carbons (Fsp3) is 0.208. The summed E-state index contributed by atoms with van der Waals surface area (Å²) in [4.78, 5) is 32.8. The second-order valence-electron chi connectivity index (χ2n) is 6.95. The highest BCUT2D eigenvalue weighted by molar-refractivity contribution is 7.99. The fourth-order valence-electron chi connectivity index (χ4n) is 3.42. The molecule has 3 aromatic rings. The number of carbonyl (C=O) groups excluding carboxylic acids is 2. The number of anilines is 1. The fourth-order valence-corrected chi connectivity index (χ4v) is 4.44. The van der Waals surface area contributed by atoms with Crippen LogP contribution < -0.4 is 15.0 Å². The lowest BCUT2D eigenvalue weighted by molar-refractivity contribution is -0.121. The third-order valence-electron chi connectivity index (χ3n) is 4.92. The average molecular weight is 434 g/mol. The van der Waals surface area contributed by atoms with Gasteiger partial charge in [0.1, 0.15) is 10.8 Å². The van der Waals surface area contributed by atoms with Gasteiger partial charge in [-0.05, 0) is 37.3 Å². The predicted molar refractivity (Wildman–Crippen MR) is 121 cm³/mol. The maximum atomic E-state index is 13.2. The smallest absolute Gasteiger partial charge is 0.261 e. The van der Waals surface area contributed by atoms with Crippen molar-refractivity contribution >= 4 is 29.3 Å². The summed E-state index contributed by atoms with van der Waals surface area (Å²) >= 11 is 1.47. The van der Waals surface area contributed by atoms with Crippen molar-refractivity contribution < 1.29 is 14.3 Å². The summed E-state index contributed by atoms with van der Waals surface area (Å²) in [6, 6.07) is 18.9. The summed E-state index contributed by atoms with van der Waals surface area (Å²) in [6.45, 7) is 3.15. The van der Waals surface area contributed by atoms with E-state index in [2.05, 4.69) is 10.3 Å². The Morgan fingerprint density at radius 3 is 2.77 bits per heavy atom. The van der Waals surface area contributed by atoms with Crippen LogP contribution in [0.2, 0.25) is 0 Å². The van der Waals surface area contributed by atoms with Crippen LogP contribution in [0.4, 0.5) is 5.69 Å². The lowest BCUT2D eigenvalue weighted by Gasteiger charge is -2.22. The standard InChI is InChI=1S/C24H23N3O3S/c1-2-30-20-11-5-3-8-17(20)16-26-22(28)13-15-27-19-10-4-6-12-21(19)31-23-18(24(27)29)9-7-14-25-23/h3-12,14H,2,13,15-16H2,1H3,(H,26,28). The van der Waals surface area contributed by atoms with Crippen molar-refractivity contribution in [3.8, 4) is 5.75 Å². The molecule has 31 heavy (non-hydrogen) atoms. The van der Waals surface area contributed by atoms with E-state index in [1.807, 2.05) is 55.5 Å². The van der Waals surface area contributed by atoms with Crippen molar-refractivity contribution in [2.75, 3.05) is 18.1 Å². The molecular formula is C24H23N3O3S. The zero-order chi connectivity index (χ0) is 21.6. The molecule has 0 saturated carbocycles. The van der Waals surface area contributed by atoms with Crippen LogP contribution in [-0.4, -0.2) is 29.9 Å². The number of nitrogens with one attached hydrogen (secondary N) is 1. The van der Waals surface area contributed by atoms with Gasteiger partial charge in [-0.2, -0.15) is 0 Å². The van der Waals surface area contributed by atoms with E-state index in [1.165, 1.54) is 11.8 Å². The van der Waals surface area contributed by atoms with Gasteiger partial charge in [-0.3, -0.25) is 9.59 Å². The summed E-state index contributed by atoms with van der Waals surface area (Å²) in [5.74, 6) is 0.498. The van der Waals surface area contributed by atoms with Crippen LogP contribution in [0, 0.1) is 0 Å². The quantitative estimate of drug-likeness (QED) is 0.602. The zero-order valence-corrected chi connectivity index (χ0v) is 18.0. The average Bonchev–Trinajstić information content (AvgIpc) is 2.91. The number of nitrogens with zero attached hydrogens (tertiary/aromatic N) is 2. The molecule has 2 aromatic carbocycles. The van der Waals surface area contributed by atoms with Crippen molar-refractivity contribution in [3.63, 3.8) is 0 Å². The van der Waals surface area contributed by atoms with Crippen molar-refractivity contribution in [1.29, 1.82) is 0 Å². The van der Waals surface area contributed by atoms with E-state index in [0.29, 0.717) is 23.7 Å². The second kappa shape index (κ2) is 9.66. The van der Waals surface area contributed by atoms with E-state index < -0.39 is 0 Å². The molecule has 4 rings (SSSR count). The predicted octanol–water partition coefficient (Wildman–Crippen LogP) is 4.30. The third-order valence-corrected chi connectivity index (χ3v) is 6.00. The number of aromatic nitrogens is 1. The van der Waals surface area contributed by atoms with Gasteiger partial charge >= 0.3 is 0 Å². The molecule has 1 aliphatic heterocycles. The van der Waals surface area contributed by atoms with Crippen LogP contribution in [0.5, 0.6) is 5.75 Å². The minimum Gasteiger partial charge on any atom is -0.494 e. The first-order chi connectivity index (χ1) is 15.2. The number of carbonyl (C=O) groups is 2. The van der Waals surface area contributed by atoms with Gasteiger partial charge in [-0.1, -0.05) is 42.1 Å². The summed E-state index contributed by atoms with van der Waals surface area (Å²) in [7, 11) is 0. The Morgan fingerprint density at radius 2 is 1.90 bits per heavy atom. The Labute approximate surface area is 185 Å². The Hall–Kier alpha value is -3.32. The maximum absolute atomic E-state index is 13.2. The summed E-state index contributed by atoms with van der Waals surface area (Å²) in [5, 5.41) is 3.62. The van der Waals surface area contributed by atoms with Gasteiger partial charge in [0.05, 0.1) is 17.9 Å². The minimum atomic E-state index is -0.143. The van der Waals surface area contributed by atoms with E-state index in [1.54, 1.807) is 23.2 Å². The minimum absolute atomic E-state index is 0.125. The molecular weight excluding hydrogens is 410 g/mol. The molecule has 1 aliphatic rings. The largest absolute Gasteiger partial charge is 0.494 e. The van der Waals surface area contributed by atoms with Crippen LogP contribution in [0.3, 0.4) is 0 Å². The lowest BCUT2D eigenvalue weighted by atomic mass is 10.2. The first-order valence-electron chi connectivity index (χ1n) is 10.2. The highest BCUT2D eigenvalue weighted by Crippen LogP contribution is 2.40. The molecule has 0 atom stereocenters. The van der Waals surface area contributed by atoms with Gasteiger partial charge in [0.15, 0.2) is 0 Å². The topological polar surface area (TPSA) is 71.5 Å². The van der Waals surface area contributed by atoms with Crippen LogP contribution >= 0.6 is 11.8 Å². The second-order valence-corrected chi connectivity index (χ2v) is 7.98. The molecule has 0 unspecified atom stereocenters. The van der Waals surface area contributed by atoms with E-state index >= 15 is 0 Å². The highest BCUT2D eigenvalue weighted by atomic mass is 32.2. The Bertz CT molecular complexity index is 1100. The number of hydrogen-bond donors (Lipinski definition) is 1. The van der Waals surface area contributed by atoms with Gasteiger partial charge in [0.2, 0.25) is 5.91 Å². The number of benzene rings is 2. The molecule has 2 heterocycles. The van der Waals surface area contributed by atoms with Crippen molar-refractivity contribution in [3.05, 3.63) is 78.0 Å². The van der Waals surface area contributed by atoms with Crippen LogP contribution in [0.15, 0.2) is 76.8 Å². The van der Waals surface area contributed by atoms with Crippen LogP contribution in [0.1, 0.15) is 29.3 Å². The number of ether oxygens (including phenoxy) is 1. The summed E-state index contributed by atoms with van der Waals surface area (Å²) < 4.78 is 5.61. The summed E-state index contributed by atoms with van der Waals surface area (Å²) in [6.07, 6.45) is 1.88. The molecule has 1 N–H and O–H groups in total. The van der Waals surface area contributed by atoms with Crippen LogP contribution in [0.25, 0.3) is 0 Å². The Balaban J connectivity index is 1.46. The highest BCUT2D eigenvalue weighted by Gasteiger charge is 2.28. The number of rotatable bonds is 7. The molecule has 158 valence electrons. The molecule has 0 spiro atoms. The number of amides is 2. The number of pyridine rings is 1. The van der Waals surface area contributed by atoms with Gasteiger partial charge in [0.25, 0.3) is 5.91 Å². The first kappa shape index (κ1) is 20.9. The van der Waals surface area contributed by atoms with Gasteiger partial charge in [0, 0.05) is 36.2 Å². The number of para-hydroxylation sites is 2. The molecule has 0 aliphatic carbocycles. The normalized spacial score (nSPS) is 12.5. The van der Waals surface area contributed by atoms with E-state index in [9.17, 15) is 9.59 Å². The van der Waals surface area contributed by atoms with E-state index in [-0.39, 0.29) is 24.8 Å². The van der Waals surface area contributed by atoms with Crippen molar-refractivity contribution in [2.24, 2.45) is 0 Å². The molecule has 0 saturated heterocycles. The Kier molecular flexibility index (Phi) is 6.52. The van der Waals surface area contributed by atoms with Gasteiger partial charge in [-0.25, -0.2) is 4.98 Å². The van der Waals surface area contributed by atoms with E-state index in [4.69, 9.17) is 4.74 Å². The molecule has 0 fully saturated rings. The van der Waals surface area contributed by atoms with Crippen molar-refractivity contribution in [2.45, 2.75) is 29.8 Å². The van der Waals surface area contributed by atoms with Crippen molar-refractivity contribution in [1.82, 2.24) is 10.3 Å². The zero-order valence-electron chi connectivity index (χ0n) is 17.2. The number of fused-ring (bicyclic) bond motifs is 2. The molecule has 0 bridgehead atoms. The van der Waals surface area contributed by atoms with Gasteiger partial charge in [-0.15, -0.1) is 0 Å². The maximum Gasteiger partial charge on any atom is 0.261 e. The SMILES string of the molecule is CCOc1ccccc1CNC(=O)CCN1C(=O)c2cccnc2Sc2ccccc21. The van der Waals surface area contributed by atoms with Crippen LogP contribution in [-0.2, 0) is 11.3 Å².